The van der Waals surface area contributed by atoms with E-state index in [1.165, 1.54) is 0 Å². The first-order valence-electron chi connectivity index (χ1n) is 13.1. The van der Waals surface area contributed by atoms with Crippen molar-refractivity contribution in [2.75, 3.05) is 12.4 Å². The van der Waals surface area contributed by atoms with Crippen LogP contribution < -0.4 is 10.1 Å². The molecule has 0 amide bonds. The maximum atomic E-state index is 15.2. The van der Waals surface area contributed by atoms with Gasteiger partial charge in [0.2, 0.25) is 5.88 Å². The summed E-state index contributed by atoms with van der Waals surface area (Å²) in [5, 5.41) is 12.5. The van der Waals surface area contributed by atoms with E-state index in [9.17, 15) is 4.79 Å². The van der Waals surface area contributed by atoms with Gasteiger partial charge < -0.3 is 15.2 Å². The summed E-state index contributed by atoms with van der Waals surface area (Å²) in [6.07, 6.45) is 7.07. The summed E-state index contributed by atoms with van der Waals surface area (Å²) < 4.78 is 20.5. The minimum Gasteiger partial charge on any atom is -0.481 e. The van der Waals surface area contributed by atoms with Gasteiger partial charge in [-0.3, -0.25) is 9.78 Å². The number of methoxy groups -OCH3 is 1. The predicted octanol–water partition coefficient (Wildman–Crippen LogP) is 6.26. The number of pyridine rings is 1. The number of aryl methyl sites for hydroxylation is 2. The van der Waals surface area contributed by atoms with E-state index in [-0.39, 0.29) is 23.7 Å². The lowest BCUT2D eigenvalue weighted by Gasteiger charge is -2.19. The van der Waals surface area contributed by atoms with Crippen LogP contribution in [-0.4, -0.2) is 33.1 Å². The third kappa shape index (κ3) is 4.60. The molecule has 0 unspecified atom stereocenters. The molecule has 1 saturated carbocycles. The van der Waals surface area contributed by atoms with Gasteiger partial charge in [-0.1, -0.05) is 18.2 Å². The van der Waals surface area contributed by atoms with Gasteiger partial charge in [0.1, 0.15) is 11.6 Å². The third-order valence-corrected chi connectivity index (χ3v) is 7.90. The van der Waals surface area contributed by atoms with E-state index in [0.717, 1.165) is 51.8 Å². The van der Waals surface area contributed by atoms with E-state index in [2.05, 4.69) is 46.2 Å². The van der Waals surface area contributed by atoms with Gasteiger partial charge in [-0.25, -0.2) is 14.4 Å². The second-order valence-corrected chi connectivity index (χ2v) is 10.4. The molecule has 8 heteroatoms. The Kier molecular flexibility index (Phi) is 6.25. The van der Waals surface area contributed by atoms with Crippen molar-refractivity contribution in [2.24, 2.45) is 5.92 Å². The zero-order chi connectivity index (χ0) is 27.3. The first-order valence-corrected chi connectivity index (χ1v) is 13.1. The summed E-state index contributed by atoms with van der Waals surface area (Å²) in [5.41, 5.74) is 8.90. The molecule has 0 spiro atoms. The minimum atomic E-state index is -0.796. The molecule has 1 fully saturated rings. The monoisotopic (exact) mass is 524 g/mol. The molecule has 39 heavy (non-hydrogen) atoms. The largest absolute Gasteiger partial charge is 0.481 e. The highest BCUT2D eigenvalue weighted by Crippen LogP contribution is 2.47. The highest BCUT2D eigenvalue weighted by atomic mass is 19.1. The molecular weight excluding hydrogens is 495 g/mol. The van der Waals surface area contributed by atoms with Crippen LogP contribution in [0.15, 0.2) is 55.0 Å². The Labute approximate surface area is 226 Å². The SMILES string of the molecule is COc1cc(-c2cc(C)c(-c3ccc(F)c4c3CC[C@H]4Nc3cnc([C@H]4C[C@@H]4C(=O)O)cn3)c(C)c2)ccn1. The normalized spacial score (nSPS) is 19.4. The van der Waals surface area contributed by atoms with Crippen molar-refractivity contribution in [3.8, 4) is 28.1 Å². The average Bonchev–Trinajstić information content (AvgIpc) is 3.63. The Morgan fingerprint density at radius 1 is 1.05 bits per heavy atom. The number of halogens is 1. The number of carboxylic acid groups (broad SMARTS) is 1. The van der Waals surface area contributed by atoms with Crippen LogP contribution in [0.3, 0.4) is 0 Å². The molecule has 3 atom stereocenters. The molecule has 7 nitrogen and oxygen atoms in total. The second-order valence-electron chi connectivity index (χ2n) is 10.4. The van der Waals surface area contributed by atoms with Crippen LogP contribution in [0.4, 0.5) is 10.2 Å². The number of aliphatic carboxylic acids is 1. The Bertz CT molecular complexity index is 1560. The van der Waals surface area contributed by atoms with E-state index in [4.69, 9.17) is 9.84 Å². The molecule has 2 N–H and O–H groups in total. The molecule has 4 aromatic rings. The lowest BCUT2D eigenvalue weighted by Crippen LogP contribution is -2.11. The number of fused-ring (bicyclic) bond motifs is 1. The molecule has 0 bridgehead atoms. The Balaban J connectivity index is 1.28. The lowest BCUT2D eigenvalue weighted by molar-refractivity contribution is -0.138. The van der Waals surface area contributed by atoms with Crippen LogP contribution in [0.2, 0.25) is 0 Å². The molecule has 2 aliphatic carbocycles. The fraction of sp³-hybridized carbons (Fsp3) is 0.290. The molecule has 0 saturated heterocycles. The Hall–Kier alpha value is -4.33. The van der Waals surface area contributed by atoms with Gasteiger partial charge in [-0.15, -0.1) is 0 Å². The van der Waals surface area contributed by atoms with E-state index in [0.29, 0.717) is 29.4 Å². The van der Waals surface area contributed by atoms with Crippen LogP contribution in [0.1, 0.15) is 52.7 Å². The number of nitrogens with one attached hydrogen (secondary N) is 1. The lowest BCUT2D eigenvalue weighted by atomic mass is 9.88. The summed E-state index contributed by atoms with van der Waals surface area (Å²) in [4.78, 5) is 24.3. The first kappa shape index (κ1) is 25.0. The fourth-order valence-corrected chi connectivity index (χ4v) is 5.93. The number of ether oxygens (including phenoxy) is 1. The number of hydrogen-bond acceptors (Lipinski definition) is 6. The van der Waals surface area contributed by atoms with Crippen molar-refractivity contribution in [3.05, 3.63) is 88.8 Å². The van der Waals surface area contributed by atoms with Gasteiger partial charge in [-0.2, -0.15) is 0 Å². The maximum absolute atomic E-state index is 15.2. The van der Waals surface area contributed by atoms with Crippen LogP contribution in [0, 0.1) is 25.6 Å². The highest BCUT2D eigenvalue weighted by Gasteiger charge is 2.45. The van der Waals surface area contributed by atoms with E-state index in [1.54, 1.807) is 31.8 Å². The van der Waals surface area contributed by atoms with Crippen LogP contribution in [0.5, 0.6) is 5.88 Å². The van der Waals surface area contributed by atoms with Crippen molar-refractivity contribution in [3.63, 3.8) is 0 Å². The van der Waals surface area contributed by atoms with Gasteiger partial charge in [0.15, 0.2) is 0 Å². The quantitative estimate of drug-likeness (QED) is 0.295. The molecule has 0 aliphatic heterocycles. The number of benzene rings is 2. The van der Waals surface area contributed by atoms with Gasteiger partial charge in [-0.05, 0) is 84.2 Å². The summed E-state index contributed by atoms with van der Waals surface area (Å²) in [6.45, 7) is 4.19. The molecular formula is C31H29FN4O3. The molecule has 6 rings (SSSR count). The topological polar surface area (TPSA) is 97.2 Å². The predicted molar refractivity (Wildman–Crippen MR) is 146 cm³/mol. The molecule has 2 aromatic carbocycles. The standard InChI is InChI=1S/C31H29FN4O3/c1-16-10-19(18-8-9-33-28(12-18)39-3)11-17(2)29(16)20-4-6-24(32)30-21(20)5-7-25(30)36-27-15-34-26(14-35-27)22-13-23(22)31(37)38/h4,6,8-12,14-15,22-23,25H,5,7,13H2,1-3H3,(H,35,36)(H,37,38)/t22-,23-,25+/m0/s1. The number of aromatic nitrogens is 3. The number of carbonyl (C=O) groups is 1. The molecule has 198 valence electrons. The molecule has 2 aromatic heterocycles. The number of anilines is 1. The van der Waals surface area contributed by atoms with Crippen molar-refractivity contribution in [2.45, 2.75) is 45.1 Å². The summed E-state index contributed by atoms with van der Waals surface area (Å²) in [5.74, 6) is -0.353. The molecule has 2 heterocycles. The molecule has 0 radical (unpaired) electrons. The zero-order valence-electron chi connectivity index (χ0n) is 22.0. The Morgan fingerprint density at radius 2 is 1.85 bits per heavy atom. The Morgan fingerprint density at radius 3 is 2.51 bits per heavy atom. The van der Waals surface area contributed by atoms with E-state index < -0.39 is 5.97 Å². The van der Waals surface area contributed by atoms with Gasteiger partial charge >= 0.3 is 5.97 Å². The number of rotatable bonds is 7. The second kappa shape index (κ2) is 9.76. The fourth-order valence-electron chi connectivity index (χ4n) is 5.93. The van der Waals surface area contributed by atoms with Crippen LogP contribution in [-0.2, 0) is 11.2 Å². The van der Waals surface area contributed by atoms with Gasteiger partial charge in [0.05, 0.1) is 37.2 Å². The van der Waals surface area contributed by atoms with Crippen molar-refractivity contribution in [1.29, 1.82) is 0 Å². The van der Waals surface area contributed by atoms with Gasteiger partial charge in [0.25, 0.3) is 0 Å². The highest BCUT2D eigenvalue weighted by molar-refractivity contribution is 5.80. The zero-order valence-corrected chi connectivity index (χ0v) is 22.0. The average molecular weight is 525 g/mol. The van der Waals surface area contributed by atoms with Gasteiger partial charge in [0, 0.05) is 23.7 Å². The minimum absolute atomic E-state index is 0.0743. The van der Waals surface area contributed by atoms with Crippen molar-refractivity contribution < 1.29 is 19.0 Å². The maximum Gasteiger partial charge on any atom is 0.307 e. The first-order chi connectivity index (χ1) is 18.8. The van der Waals surface area contributed by atoms with Crippen molar-refractivity contribution in [1.82, 2.24) is 15.0 Å². The summed E-state index contributed by atoms with van der Waals surface area (Å²) >= 11 is 0. The number of hydrogen-bond donors (Lipinski definition) is 2. The number of carboxylic acids is 1. The van der Waals surface area contributed by atoms with Crippen LogP contribution >= 0.6 is 0 Å². The van der Waals surface area contributed by atoms with E-state index in [1.807, 2.05) is 18.2 Å². The summed E-state index contributed by atoms with van der Waals surface area (Å²) in [6, 6.07) is 11.4. The molecule has 2 aliphatic rings. The van der Waals surface area contributed by atoms with E-state index >= 15 is 4.39 Å². The summed E-state index contributed by atoms with van der Waals surface area (Å²) in [7, 11) is 1.61. The third-order valence-electron chi connectivity index (χ3n) is 7.90. The van der Waals surface area contributed by atoms with Crippen LogP contribution in [0.25, 0.3) is 22.3 Å². The smallest absolute Gasteiger partial charge is 0.307 e. The number of nitrogens with zero attached hydrogens (tertiary/aromatic N) is 3. The van der Waals surface area contributed by atoms with Crippen molar-refractivity contribution >= 4 is 11.8 Å².